The number of β-amino-alcohol motifs (C(OH)–C–C–N with tert-alkyl or cyclic N) is 1. The van der Waals surface area contributed by atoms with E-state index in [1.165, 1.54) is 0 Å². The summed E-state index contributed by atoms with van der Waals surface area (Å²) in [6, 6.07) is 5.84. The number of aliphatic hydroxyl groups excluding tert-OH is 1. The molecule has 1 amide bonds. The number of hydrogen-bond donors (Lipinski definition) is 2. The lowest BCUT2D eigenvalue weighted by molar-refractivity contribution is -0.132. The first-order valence-corrected chi connectivity index (χ1v) is 7.96. The maximum absolute atomic E-state index is 12.5. The standard InChI is InChI=1S/C17H23N3O3/c1-23-14-2-3-16-15(11-14)13(12-18-16)10-17(22)20-6-4-19(5-7-20)8-9-21/h2-3,11-12,18,21H,4-10H2,1H3. The zero-order valence-electron chi connectivity index (χ0n) is 13.4. The van der Waals surface area contributed by atoms with Crippen LogP contribution in [-0.2, 0) is 11.2 Å². The predicted octanol–water partition coefficient (Wildman–Crippen LogP) is 0.855. The van der Waals surface area contributed by atoms with Crippen molar-refractivity contribution in [2.45, 2.75) is 6.42 Å². The van der Waals surface area contributed by atoms with E-state index in [4.69, 9.17) is 9.84 Å². The van der Waals surface area contributed by atoms with E-state index in [0.29, 0.717) is 13.0 Å². The van der Waals surface area contributed by atoms with E-state index in [1.54, 1.807) is 7.11 Å². The van der Waals surface area contributed by atoms with Gasteiger partial charge in [-0.15, -0.1) is 0 Å². The van der Waals surface area contributed by atoms with Gasteiger partial charge in [-0.2, -0.15) is 0 Å². The minimum absolute atomic E-state index is 0.150. The number of carbonyl (C=O) groups excluding carboxylic acids is 1. The Kier molecular flexibility index (Phi) is 4.83. The summed E-state index contributed by atoms with van der Waals surface area (Å²) in [6.45, 7) is 3.96. The number of aliphatic hydroxyl groups is 1. The fourth-order valence-electron chi connectivity index (χ4n) is 3.07. The predicted molar refractivity (Wildman–Crippen MR) is 88.7 cm³/mol. The van der Waals surface area contributed by atoms with Crippen molar-refractivity contribution >= 4 is 16.8 Å². The van der Waals surface area contributed by atoms with E-state index >= 15 is 0 Å². The zero-order chi connectivity index (χ0) is 16.2. The molecule has 0 saturated carbocycles. The van der Waals surface area contributed by atoms with E-state index in [1.807, 2.05) is 29.3 Å². The van der Waals surface area contributed by atoms with Crippen molar-refractivity contribution < 1.29 is 14.6 Å². The maximum Gasteiger partial charge on any atom is 0.227 e. The van der Waals surface area contributed by atoms with Crippen LogP contribution in [0.25, 0.3) is 10.9 Å². The van der Waals surface area contributed by atoms with Crippen molar-refractivity contribution in [1.82, 2.24) is 14.8 Å². The Morgan fingerprint density at radius 1 is 1.30 bits per heavy atom. The quantitative estimate of drug-likeness (QED) is 0.858. The Labute approximate surface area is 135 Å². The van der Waals surface area contributed by atoms with Gasteiger partial charge in [0.15, 0.2) is 0 Å². The molecule has 124 valence electrons. The van der Waals surface area contributed by atoms with Crippen LogP contribution >= 0.6 is 0 Å². The molecule has 23 heavy (non-hydrogen) atoms. The molecule has 2 aromatic rings. The highest BCUT2D eigenvalue weighted by atomic mass is 16.5. The van der Waals surface area contributed by atoms with Crippen molar-refractivity contribution in [3.05, 3.63) is 30.0 Å². The Balaban J connectivity index is 1.66. The number of ether oxygens (including phenoxy) is 1. The number of aromatic amines is 1. The number of H-pyrrole nitrogens is 1. The van der Waals surface area contributed by atoms with Gasteiger partial charge in [0.25, 0.3) is 0 Å². The van der Waals surface area contributed by atoms with Crippen LogP contribution in [0.1, 0.15) is 5.56 Å². The maximum atomic E-state index is 12.5. The topological polar surface area (TPSA) is 68.8 Å². The Bertz CT molecular complexity index is 675. The number of amides is 1. The fraction of sp³-hybridized carbons (Fsp3) is 0.471. The molecule has 6 nitrogen and oxygen atoms in total. The molecule has 6 heteroatoms. The van der Waals surface area contributed by atoms with E-state index in [0.717, 1.165) is 48.4 Å². The van der Waals surface area contributed by atoms with E-state index in [9.17, 15) is 4.79 Å². The fourth-order valence-corrected chi connectivity index (χ4v) is 3.07. The van der Waals surface area contributed by atoms with E-state index < -0.39 is 0 Å². The molecular formula is C17H23N3O3. The number of fused-ring (bicyclic) bond motifs is 1. The molecule has 0 spiro atoms. The van der Waals surface area contributed by atoms with E-state index in [2.05, 4.69) is 9.88 Å². The van der Waals surface area contributed by atoms with Gasteiger partial charge in [0.05, 0.1) is 20.1 Å². The smallest absolute Gasteiger partial charge is 0.227 e. The molecule has 0 unspecified atom stereocenters. The number of methoxy groups -OCH3 is 1. The van der Waals surface area contributed by atoms with Crippen LogP contribution in [-0.4, -0.2) is 72.2 Å². The van der Waals surface area contributed by atoms with Gasteiger partial charge in [-0.25, -0.2) is 0 Å². The summed E-state index contributed by atoms with van der Waals surface area (Å²) in [7, 11) is 1.64. The molecule has 0 bridgehead atoms. The summed E-state index contributed by atoms with van der Waals surface area (Å²) >= 11 is 0. The van der Waals surface area contributed by atoms with Crippen molar-refractivity contribution in [2.24, 2.45) is 0 Å². The first kappa shape index (κ1) is 15.8. The molecule has 1 fully saturated rings. The molecule has 1 aliphatic rings. The summed E-state index contributed by atoms with van der Waals surface area (Å²) in [5.74, 6) is 0.945. The Hall–Kier alpha value is -2.05. The molecule has 1 aromatic carbocycles. The van der Waals surface area contributed by atoms with Crippen LogP contribution in [0.15, 0.2) is 24.4 Å². The van der Waals surface area contributed by atoms with Crippen LogP contribution in [0.5, 0.6) is 5.75 Å². The number of nitrogens with one attached hydrogen (secondary N) is 1. The lowest BCUT2D eigenvalue weighted by Crippen LogP contribution is -2.49. The second kappa shape index (κ2) is 7.02. The number of piperazine rings is 1. The average Bonchev–Trinajstić information content (AvgIpc) is 2.98. The van der Waals surface area contributed by atoms with Crippen LogP contribution in [0.3, 0.4) is 0 Å². The second-order valence-corrected chi connectivity index (χ2v) is 5.85. The molecule has 2 heterocycles. The zero-order valence-corrected chi connectivity index (χ0v) is 13.4. The van der Waals surface area contributed by atoms with Crippen LogP contribution < -0.4 is 4.74 Å². The molecule has 1 aromatic heterocycles. The third-order valence-electron chi connectivity index (χ3n) is 4.46. The molecule has 0 atom stereocenters. The van der Waals surface area contributed by atoms with Crippen LogP contribution in [0, 0.1) is 0 Å². The molecule has 1 aliphatic heterocycles. The Morgan fingerprint density at radius 3 is 2.78 bits per heavy atom. The molecule has 1 saturated heterocycles. The lowest BCUT2D eigenvalue weighted by atomic mass is 10.1. The third-order valence-corrected chi connectivity index (χ3v) is 4.46. The van der Waals surface area contributed by atoms with Crippen LogP contribution in [0.4, 0.5) is 0 Å². The van der Waals surface area contributed by atoms with Crippen molar-refractivity contribution in [3.8, 4) is 5.75 Å². The third kappa shape index (κ3) is 3.48. The number of carbonyl (C=O) groups is 1. The highest BCUT2D eigenvalue weighted by molar-refractivity contribution is 5.89. The van der Waals surface area contributed by atoms with Crippen LogP contribution in [0.2, 0.25) is 0 Å². The molecule has 0 radical (unpaired) electrons. The SMILES string of the molecule is COc1ccc2[nH]cc(CC(=O)N3CCN(CCO)CC3)c2c1. The van der Waals surface area contributed by atoms with Gasteiger partial charge in [-0.05, 0) is 23.8 Å². The second-order valence-electron chi connectivity index (χ2n) is 5.85. The number of aromatic nitrogens is 1. The van der Waals surface area contributed by atoms with E-state index in [-0.39, 0.29) is 12.5 Å². The lowest BCUT2D eigenvalue weighted by Gasteiger charge is -2.34. The minimum atomic E-state index is 0.150. The molecule has 2 N–H and O–H groups in total. The number of benzene rings is 1. The van der Waals surface area contributed by atoms with Gasteiger partial charge in [0, 0.05) is 49.8 Å². The first-order chi connectivity index (χ1) is 11.2. The average molecular weight is 317 g/mol. The number of hydrogen-bond acceptors (Lipinski definition) is 4. The highest BCUT2D eigenvalue weighted by Gasteiger charge is 2.21. The number of nitrogens with zero attached hydrogens (tertiary/aromatic N) is 2. The van der Waals surface area contributed by atoms with Gasteiger partial charge in [-0.3, -0.25) is 9.69 Å². The summed E-state index contributed by atoms with van der Waals surface area (Å²) in [4.78, 5) is 19.8. The van der Waals surface area contributed by atoms with Crippen molar-refractivity contribution in [3.63, 3.8) is 0 Å². The summed E-state index contributed by atoms with van der Waals surface area (Å²) in [5, 5.41) is 10.0. The first-order valence-electron chi connectivity index (χ1n) is 7.96. The summed E-state index contributed by atoms with van der Waals surface area (Å²) in [5.41, 5.74) is 2.02. The molecular weight excluding hydrogens is 294 g/mol. The van der Waals surface area contributed by atoms with Gasteiger partial charge in [-0.1, -0.05) is 0 Å². The Morgan fingerprint density at radius 2 is 2.09 bits per heavy atom. The normalized spacial score (nSPS) is 16.0. The summed E-state index contributed by atoms with van der Waals surface area (Å²) in [6.07, 6.45) is 2.30. The summed E-state index contributed by atoms with van der Waals surface area (Å²) < 4.78 is 5.27. The minimum Gasteiger partial charge on any atom is -0.497 e. The largest absolute Gasteiger partial charge is 0.497 e. The van der Waals surface area contributed by atoms with Crippen molar-refractivity contribution in [1.29, 1.82) is 0 Å². The number of rotatable bonds is 5. The van der Waals surface area contributed by atoms with Gasteiger partial charge < -0.3 is 19.7 Å². The molecule has 0 aliphatic carbocycles. The monoisotopic (exact) mass is 317 g/mol. The van der Waals surface area contributed by atoms with Crippen molar-refractivity contribution in [2.75, 3.05) is 46.4 Å². The van der Waals surface area contributed by atoms with Gasteiger partial charge in [0.1, 0.15) is 5.75 Å². The highest BCUT2D eigenvalue weighted by Crippen LogP contribution is 2.24. The van der Waals surface area contributed by atoms with Gasteiger partial charge >= 0.3 is 0 Å². The van der Waals surface area contributed by atoms with Gasteiger partial charge in [0.2, 0.25) is 5.91 Å². The molecule has 3 rings (SSSR count).